The molecule has 3 heteroatoms. The van der Waals surface area contributed by atoms with Crippen LogP contribution in [0.5, 0.6) is 0 Å². The molecule has 100 valence electrons. The predicted octanol–water partition coefficient (Wildman–Crippen LogP) is 4.78. The summed E-state index contributed by atoms with van der Waals surface area (Å²) in [6, 6.07) is 11.7. The van der Waals surface area contributed by atoms with Gasteiger partial charge in [0.25, 0.3) is 0 Å². The summed E-state index contributed by atoms with van der Waals surface area (Å²) in [6.07, 6.45) is 1.79. The Kier molecular flexibility index (Phi) is 3.22. The Morgan fingerprint density at radius 1 is 1.05 bits per heavy atom. The Balaban J connectivity index is 2.10. The van der Waals surface area contributed by atoms with Crippen LogP contribution >= 0.6 is 15.9 Å². The van der Waals surface area contributed by atoms with Crippen LogP contribution in [0.2, 0.25) is 0 Å². The van der Waals surface area contributed by atoms with E-state index in [1.165, 1.54) is 5.56 Å². The number of aryl methyl sites for hydroxylation is 2. The summed E-state index contributed by atoms with van der Waals surface area (Å²) in [4.78, 5) is 15.8. The molecule has 0 saturated heterocycles. The fourth-order valence-corrected chi connectivity index (χ4v) is 2.69. The van der Waals surface area contributed by atoms with Crippen LogP contribution in [0.3, 0.4) is 0 Å². The summed E-state index contributed by atoms with van der Waals surface area (Å²) in [7, 11) is 0. The molecule has 0 unspecified atom stereocenters. The zero-order valence-corrected chi connectivity index (χ0v) is 12.9. The lowest BCUT2D eigenvalue weighted by Crippen LogP contribution is -2.01. The molecular formula is C17H14BrNO. The van der Waals surface area contributed by atoms with Crippen LogP contribution in [0.4, 0.5) is 0 Å². The molecule has 3 aromatic rings. The Bertz CT molecular complexity index is 817. The van der Waals surface area contributed by atoms with E-state index >= 15 is 0 Å². The minimum Gasteiger partial charge on any atom is -0.360 e. The molecule has 0 radical (unpaired) electrons. The third kappa shape index (κ3) is 2.18. The van der Waals surface area contributed by atoms with Crippen molar-refractivity contribution >= 4 is 32.6 Å². The Labute approximate surface area is 126 Å². The van der Waals surface area contributed by atoms with E-state index in [-0.39, 0.29) is 5.78 Å². The molecule has 1 N–H and O–H groups in total. The van der Waals surface area contributed by atoms with Crippen molar-refractivity contribution in [1.29, 1.82) is 0 Å². The highest BCUT2D eigenvalue weighted by atomic mass is 79.9. The van der Waals surface area contributed by atoms with E-state index in [0.717, 1.165) is 32.1 Å². The van der Waals surface area contributed by atoms with Crippen molar-refractivity contribution in [2.75, 3.05) is 0 Å². The second-order valence-electron chi connectivity index (χ2n) is 5.02. The van der Waals surface area contributed by atoms with E-state index < -0.39 is 0 Å². The number of fused-ring (bicyclic) bond motifs is 1. The van der Waals surface area contributed by atoms with Crippen molar-refractivity contribution in [3.8, 4) is 0 Å². The van der Waals surface area contributed by atoms with Gasteiger partial charge in [-0.05, 0) is 43.2 Å². The molecule has 0 bridgehead atoms. The molecule has 1 heterocycles. The van der Waals surface area contributed by atoms with Crippen LogP contribution in [-0.2, 0) is 0 Å². The molecule has 2 nitrogen and oxygen atoms in total. The van der Waals surface area contributed by atoms with Gasteiger partial charge in [0.1, 0.15) is 0 Å². The Morgan fingerprint density at radius 3 is 2.60 bits per heavy atom. The Hall–Kier alpha value is -1.87. The lowest BCUT2D eigenvalue weighted by Gasteiger charge is -2.04. The minimum atomic E-state index is 0.0571. The number of halogens is 1. The van der Waals surface area contributed by atoms with Gasteiger partial charge in [-0.1, -0.05) is 34.1 Å². The smallest absolute Gasteiger partial charge is 0.195 e. The molecular weight excluding hydrogens is 314 g/mol. The predicted molar refractivity (Wildman–Crippen MR) is 85.3 cm³/mol. The fourth-order valence-electron chi connectivity index (χ4n) is 2.32. The lowest BCUT2D eigenvalue weighted by atomic mass is 9.99. The van der Waals surface area contributed by atoms with Crippen molar-refractivity contribution in [2.24, 2.45) is 0 Å². The third-order valence-corrected chi connectivity index (χ3v) is 4.15. The summed E-state index contributed by atoms with van der Waals surface area (Å²) in [5.41, 5.74) is 4.75. The monoisotopic (exact) mass is 327 g/mol. The summed E-state index contributed by atoms with van der Waals surface area (Å²) >= 11 is 3.44. The lowest BCUT2D eigenvalue weighted by molar-refractivity contribution is 0.104. The van der Waals surface area contributed by atoms with Gasteiger partial charge in [0.15, 0.2) is 5.78 Å². The largest absolute Gasteiger partial charge is 0.360 e. The van der Waals surface area contributed by atoms with Gasteiger partial charge in [0.2, 0.25) is 0 Å². The van der Waals surface area contributed by atoms with E-state index in [1.54, 1.807) is 6.20 Å². The van der Waals surface area contributed by atoms with Crippen LogP contribution in [0.25, 0.3) is 10.9 Å². The first-order valence-corrected chi connectivity index (χ1v) is 7.24. The number of rotatable bonds is 2. The van der Waals surface area contributed by atoms with Crippen LogP contribution in [-0.4, -0.2) is 10.8 Å². The fraction of sp³-hybridized carbons (Fsp3) is 0.118. The van der Waals surface area contributed by atoms with Crippen molar-refractivity contribution in [3.05, 3.63) is 69.3 Å². The molecule has 0 fully saturated rings. The number of hydrogen-bond acceptors (Lipinski definition) is 1. The third-order valence-electron chi connectivity index (χ3n) is 3.66. The van der Waals surface area contributed by atoms with E-state index in [4.69, 9.17) is 0 Å². The molecule has 0 aliphatic carbocycles. The van der Waals surface area contributed by atoms with E-state index in [2.05, 4.69) is 20.9 Å². The average Bonchev–Trinajstić information content (AvgIpc) is 2.84. The summed E-state index contributed by atoms with van der Waals surface area (Å²) in [5, 5.41) is 0.955. The molecule has 3 rings (SSSR count). The molecule has 0 spiro atoms. The second-order valence-corrected chi connectivity index (χ2v) is 5.94. The second kappa shape index (κ2) is 4.91. The molecule has 0 aliphatic heterocycles. The number of carbonyl (C=O) groups excluding carboxylic acids is 1. The molecule has 20 heavy (non-hydrogen) atoms. The van der Waals surface area contributed by atoms with Gasteiger partial charge in [0.05, 0.1) is 0 Å². The molecule has 0 atom stereocenters. The van der Waals surface area contributed by atoms with E-state index in [0.29, 0.717) is 0 Å². The first-order chi connectivity index (χ1) is 9.56. The highest BCUT2D eigenvalue weighted by Gasteiger charge is 2.14. The zero-order valence-electron chi connectivity index (χ0n) is 11.3. The minimum absolute atomic E-state index is 0.0571. The van der Waals surface area contributed by atoms with E-state index in [9.17, 15) is 4.79 Å². The maximum atomic E-state index is 12.6. The van der Waals surface area contributed by atoms with Crippen LogP contribution < -0.4 is 0 Å². The van der Waals surface area contributed by atoms with Gasteiger partial charge in [-0.15, -0.1) is 0 Å². The van der Waals surface area contributed by atoms with Gasteiger partial charge >= 0.3 is 0 Å². The van der Waals surface area contributed by atoms with Gasteiger partial charge < -0.3 is 4.98 Å². The van der Waals surface area contributed by atoms with Gasteiger partial charge in [0, 0.05) is 32.7 Å². The maximum Gasteiger partial charge on any atom is 0.195 e. The van der Waals surface area contributed by atoms with Gasteiger partial charge in [-0.2, -0.15) is 0 Å². The SMILES string of the molecule is Cc1ccc(C(=O)c2c[nH]c3cc(Br)ccc23)cc1C. The topological polar surface area (TPSA) is 32.9 Å². The number of carbonyl (C=O) groups is 1. The summed E-state index contributed by atoms with van der Waals surface area (Å²) < 4.78 is 0.997. The highest BCUT2D eigenvalue weighted by molar-refractivity contribution is 9.10. The quantitative estimate of drug-likeness (QED) is 0.675. The number of nitrogens with one attached hydrogen (secondary N) is 1. The average molecular weight is 328 g/mol. The van der Waals surface area contributed by atoms with Crippen molar-refractivity contribution < 1.29 is 4.79 Å². The molecule has 0 aliphatic rings. The normalized spacial score (nSPS) is 10.9. The number of benzene rings is 2. The van der Waals surface area contributed by atoms with Crippen molar-refractivity contribution in [2.45, 2.75) is 13.8 Å². The standard InChI is InChI=1S/C17H14BrNO/c1-10-3-4-12(7-11(10)2)17(20)15-9-19-16-8-13(18)5-6-14(15)16/h3-9,19H,1-2H3. The molecule has 2 aromatic carbocycles. The van der Waals surface area contributed by atoms with Crippen molar-refractivity contribution in [3.63, 3.8) is 0 Å². The number of aromatic amines is 1. The van der Waals surface area contributed by atoms with E-state index in [1.807, 2.05) is 50.2 Å². The molecule has 0 amide bonds. The maximum absolute atomic E-state index is 12.6. The van der Waals surface area contributed by atoms with Gasteiger partial charge in [-0.25, -0.2) is 0 Å². The zero-order chi connectivity index (χ0) is 14.3. The summed E-state index contributed by atoms with van der Waals surface area (Å²) in [5.74, 6) is 0.0571. The Morgan fingerprint density at radius 2 is 1.85 bits per heavy atom. The first kappa shape index (κ1) is 13.1. The number of aromatic nitrogens is 1. The number of hydrogen-bond donors (Lipinski definition) is 1. The van der Waals surface area contributed by atoms with Crippen LogP contribution in [0, 0.1) is 13.8 Å². The number of ketones is 1. The molecule has 1 aromatic heterocycles. The molecule has 0 saturated carbocycles. The number of H-pyrrole nitrogens is 1. The van der Waals surface area contributed by atoms with Crippen LogP contribution in [0.1, 0.15) is 27.0 Å². The van der Waals surface area contributed by atoms with Crippen molar-refractivity contribution in [1.82, 2.24) is 4.98 Å². The van der Waals surface area contributed by atoms with Crippen LogP contribution in [0.15, 0.2) is 47.1 Å². The summed E-state index contributed by atoms with van der Waals surface area (Å²) in [6.45, 7) is 4.07. The first-order valence-electron chi connectivity index (χ1n) is 6.45. The van der Waals surface area contributed by atoms with Gasteiger partial charge in [-0.3, -0.25) is 4.79 Å². The highest BCUT2D eigenvalue weighted by Crippen LogP contribution is 2.24.